The third kappa shape index (κ3) is 5.16. The highest BCUT2D eigenvalue weighted by Gasteiger charge is 2.17. The zero-order valence-corrected chi connectivity index (χ0v) is 15.1. The monoisotopic (exact) mass is 370 g/mol. The first-order valence-corrected chi connectivity index (χ1v) is 8.93. The standard InChI is InChI=1S/C19H22N4O4/c1-13-10-15(6-7-17(13)23(25)26)22-19(24)21-12-14-8-9-20-18(11-14)27-16-4-2-3-5-16/h6-11,16H,2-5,12H2,1H3,(H2,21,22,24). The molecule has 142 valence electrons. The average molecular weight is 370 g/mol. The number of carbonyl (C=O) groups excluding carboxylic acids is 1. The molecule has 0 spiro atoms. The number of nitrogens with one attached hydrogen (secondary N) is 2. The molecular weight excluding hydrogens is 348 g/mol. The smallest absolute Gasteiger partial charge is 0.319 e. The number of hydrogen-bond acceptors (Lipinski definition) is 5. The SMILES string of the molecule is Cc1cc(NC(=O)NCc2ccnc(OC3CCCC3)c2)ccc1[N+](=O)[O-]. The van der Waals surface area contributed by atoms with Crippen LogP contribution in [-0.4, -0.2) is 22.0 Å². The Hall–Kier alpha value is -3.16. The topological polar surface area (TPSA) is 106 Å². The third-order valence-corrected chi connectivity index (χ3v) is 4.49. The number of rotatable bonds is 6. The van der Waals surface area contributed by atoms with E-state index in [1.165, 1.54) is 25.0 Å². The number of nitrogens with zero attached hydrogens (tertiary/aromatic N) is 2. The van der Waals surface area contributed by atoms with Crippen molar-refractivity contribution in [3.8, 4) is 5.88 Å². The molecule has 1 heterocycles. The fourth-order valence-electron chi connectivity index (χ4n) is 3.10. The van der Waals surface area contributed by atoms with Gasteiger partial charge in [0.1, 0.15) is 6.10 Å². The van der Waals surface area contributed by atoms with Crippen LogP contribution in [0.3, 0.4) is 0 Å². The van der Waals surface area contributed by atoms with Gasteiger partial charge in [-0.3, -0.25) is 10.1 Å². The molecule has 2 aromatic rings. The van der Waals surface area contributed by atoms with Crippen LogP contribution in [-0.2, 0) is 6.54 Å². The van der Waals surface area contributed by atoms with Crippen LogP contribution in [0.2, 0.25) is 0 Å². The van der Waals surface area contributed by atoms with Gasteiger partial charge in [0.2, 0.25) is 5.88 Å². The van der Waals surface area contributed by atoms with E-state index in [2.05, 4.69) is 15.6 Å². The van der Waals surface area contributed by atoms with Gasteiger partial charge in [0, 0.05) is 36.1 Å². The second-order valence-electron chi connectivity index (χ2n) is 6.59. The lowest BCUT2D eigenvalue weighted by atomic mass is 10.2. The maximum absolute atomic E-state index is 12.1. The van der Waals surface area contributed by atoms with Crippen molar-refractivity contribution in [3.63, 3.8) is 0 Å². The molecule has 1 saturated carbocycles. The van der Waals surface area contributed by atoms with Crippen molar-refractivity contribution in [2.24, 2.45) is 0 Å². The predicted molar refractivity (Wildman–Crippen MR) is 101 cm³/mol. The molecule has 0 aliphatic heterocycles. The quantitative estimate of drug-likeness (QED) is 0.592. The first-order valence-electron chi connectivity index (χ1n) is 8.93. The van der Waals surface area contributed by atoms with Gasteiger partial charge in [0.05, 0.1) is 4.92 Å². The Bertz CT molecular complexity index is 834. The molecule has 0 bridgehead atoms. The fourth-order valence-corrected chi connectivity index (χ4v) is 3.10. The molecular formula is C19H22N4O4. The minimum Gasteiger partial charge on any atom is -0.474 e. The number of pyridine rings is 1. The number of ether oxygens (including phenoxy) is 1. The van der Waals surface area contributed by atoms with Gasteiger partial charge >= 0.3 is 6.03 Å². The Balaban J connectivity index is 1.53. The molecule has 1 aliphatic carbocycles. The number of aromatic nitrogens is 1. The Morgan fingerprint density at radius 2 is 2.07 bits per heavy atom. The Morgan fingerprint density at radius 3 is 2.78 bits per heavy atom. The molecule has 0 saturated heterocycles. The van der Waals surface area contributed by atoms with E-state index >= 15 is 0 Å². The summed E-state index contributed by atoms with van der Waals surface area (Å²) in [6, 6.07) is 7.70. The normalized spacial score (nSPS) is 14.0. The number of anilines is 1. The van der Waals surface area contributed by atoms with Gasteiger partial charge in [-0.2, -0.15) is 0 Å². The second kappa shape index (κ2) is 8.48. The van der Waals surface area contributed by atoms with Crippen LogP contribution < -0.4 is 15.4 Å². The number of benzene rings is 1. The molecule has 1 aliphatic rings. The van der Waals surface area contributed by atoms with Crippen LogP contribution in [0.5, 0.6) is 5.88 Å². The fraction of sp³-hybridized carbons (Fsp3) is 0.368. The van der Waals surface area contributed by atoms with Crippen LogP contribution in [0.1, 0.15) is 36.8 Å². The molecule has 8 heteroatoms. The number of carbonyl (C=O) groups is 1. The largest absolute Gasteiger partial charge is 0.474 e. The summed E-state index contributed by atoms with van der Waals surface area (Å²) in [7, 11) is 0. The van der Waals surface area contributed by atoms with Crippen molar-refractivity contribution in [2.45, 2.75) is 45.3 Å². The molecule has 0 radical (unpaired) electrons. The highest BCUT2D eigenvalue weighted by Crippen LogP contribution is 2.23. The van der Waals surface area contributed by atoms with Crippen LogP contribution >= 0.6 is 0 Å². The minimum absolute atomic E-state index is 0.0209. The van der Waals surface area contributed by atoms with Gasteiger partial charge in [-0.05, 0) is 56.4 Å². The lowest BCUT2D eigenvalue weighted by Gasteiger charge is -2.13. The maximum atomic E-state index is 12.1. The summed E-state index contributed by atoms with van der Waals surface area (Å²) < 4.78 is 5.87. The van der Waals surface area contributed by atoms with Crippen molar-refractivity contribution in [3.05, 3.63) is 57.8 Å². The molecule has 1 aromatic heterocycles. The summed E-state index contributed by atoms with van der Waals surface area (Å²) in [5.74, 6) is 0.576. The lowest BCUT2D eigenvalue weighted by Crippen LogP contribution is -2.28. The van der Waals surface area contributed by atoms with E-state index in [0.717, 1.165) is 18.4 Å². The van der Waals surface area contributed by atoms with Gasteiger partial charge < -0.3 is 15.4 Å². The molecule has 0 atom stereocenters. The molecule has 2 amide bonds. The zero-order chi connectivity index (χ0) is 19.2. The predicted octanol–water partition coefficient (Wildman–Crippen LogP) is 3.94. The van der Waals surface area contributed by atoms with E-state index in [1.54, 1.807) is 19.2 Å². The van der Waals surface area contributed by atoms with Crippen LogP contribution in [0, 0.1) is 17.0 Å². The summed E-state index contributed by atoms with van der Waals surface area (Å²) in [5.41, 5.74) is 1.89. The molecule has 8 nitrogen and oxygen atoms in total. The zero-order valence-electron chi connectivity index (χ0n) is 15.1. The van der Waals surface area contributed by atoms with E-state index in [0.29, 0.717) is 23.7 Å². The van der Waals surface area contributed by atoms with Crippen molar-refractivity contribution in [1.29, 1.82) is 0 Å². The molecule has 2 N–H and O–H groups in total. The summed E-state index contributed by atoms with van der Waals surface area (Å²) in [4.78, 5) is 26.7. The number of nitro groups is 1. The average Bonchev–Trinajstić information content (AvgIpc) is 3.13. The van der Waals surface area contributed by atoms with E-state index in [9.17, 15) is 14.9 Å². The van der Waals surface area contributed by atoms with Crippen molar-refractivity contribution in [1.82, 2.24) is 10.3 Å². The number of urea groups is 1. The van der Waals surface area contributed by atoms with Crippen LogP contribution in [0.4, 0.5) is 16.2 Å². The van der Waals surface area contributed by atoms with Crippen LogP contribution in [0.15, 0.2) is 36.5 Å². The highest BCUT2D eigenvalue weighted by molar-refractivity contribution is 5.89. The highest BCUT2D eigenvalue weighted by atomic mass is 16.6. The molecule has 27 heavy (non-hydrogen) atoms. The molecule has 0 unspecified atom stereocenters. The number of amides is 2. The van der Waals surface area contributed by atoms with Gasteiger partial charge in [0.25, 0.3) is 5.69 Å². The van der Waals surface area contributed by atoms with Crippen molar-refractivity contribution < 1.29 is 14.5 Å². The number of aryl methyl sites for hydroxylation is 1. The first kappa shape index (κ1) is 18.6. The maximum Gasteiger partial charge on any atom is 0.319 e. The van der Waals surface area contributed by atoms with Crippen molar-refractivity contribution >= 4 is 17.4 Å². The number of hydrogen-bond donors (Lipinski definition) is 2. The molecule has 1 fully saturated rings. The minimum atomic E-state index is -0.451. The molecule has 3 rings (SSSR count). The van der Waals surface area contributed by atoms with Gasteiger partial charge in [-0.1, -0.05) is 0 Å². The first-order chi connectivity index (χ1) is 13.0. The van der Waals surface area contributed by atoms with E-state index < -0.39 is 11.0 Å². The number of nitro benzene ring substituents is 1. The third-order valence-electron chi connectivity index (χ3n) is 4.49. The second-order valence-corrected chi connectivity index (χ2v) is 6.59. The van der Waals surface area contributed by atoms with E-state index in [1.807, 2.05) is 12.1 Å². The van der Waals surface area contributed by atoms with E-state index in [-0.39, 0.29) is 11.8 Å². The molecule has 1 aromatic carbocycles. The summed E-state index contributed by atoms with van der Waals surface area (Å²) in [6.07, 6.45) is 6.39. The Labute approximate surface area is 157 Å². The Kier molecular flexibility index (Phi) is 5.85. The van der Waals surface area contributed by atoms with Gasteiger partial charge in [0.15, 0.2) is 0 Å². The summed E-state index contributed by atoms with van der Waals surface area (Å²) >= 11 is 0. The summed E-state index contributed by atoms with van der Waals surface area (Å²) in [5, 5.41) is 16.3. The lowest BCUT2D eigenvalue weighted by molar-refractivity contribution is -0.385. The Morgan fingerprint density at radius 1 is 1.30 bits per heavy atom. The van der Waals surface area contributed by atoms with Gasteiger partial charge in [-0.25, -0.2) is 9.78 Å². The van der Waals surface area contributed by atoms with Crippen LogP contribution in [0.25, 0.3) is 0 Å². The summed E-state index contributed by atoms with van der Waals surface area (Å²) in [6.45, 7) is 1.95. The van der Waals surface area contributed by atoms with Crippen molar-refractivity contribution in [2.75, 3.05) is 5.32 Å². The van der Waals surface area contributed by atoms with E-state index in [4.69, 9.17) is 4.74 Å². The van der Waals surface area contributed by atoms with Gasteiger partial charge in [-0.15, -0.1) is 0 Å².